The number of para-hydroxylation sites is 1. The minimum absolute atomic E-state index is 0.00785. The van der Waals surface area contributed by atoms with Gasteiger partial charge in [0, 0.05) is 34.2 Å². The van der Waals surface area contributed by atoms with Crippen LogP contribution >= 0.6 is 0 Å². The van der Waals surface area contributed by atoms with E-state index in [1.54, 1.807) is 11.1 Å². The minimum Gasteiger partial charge on any atom is -0.361 e. The maximum Gasteiger partial charge on any atom is 0.0517 e. The van der Waals surface area contributed by atoms with Gasteiger partial charge in [-0.15, -0.1) is 0 Å². The summed E-state index contributed by atoms with van der Waals surface area (Å²) < 4.78 is 2.66. The largest absolute Gasteiger partial charge is 0.361 e. The zero-order valence-corrected chi connectivity index (χ0v) is 29.2. The molecule has 1 heterocycles. The molecular formula is C45H54N2. The van der Waals surface area contributed by atoms with Gasteiger partial charge < -0.3 is 9.47 Å². The molecule has 5 aliphatic carbocycles. The first kappa shape index (κ1) is 31.8. The fraction of sp³-hybridized carbons (Fsp3) is 0.422. The van der Waals surface area contributed by atoms with Gasteiger partial charge in [-0.2, -0.15) is 0 Å². The fourth-order valence-electron chi connectivity index (χ4n) is 8.88. The Hall–Kier alpha value is -3.78. The van der Waals surface area contributed by atoms with Crippen LogP contribution in [0.15, 0.2) is 108 Å². The predicted octanol–water partition coefficient (Wildman–Crippen LogP) is 11.7. The smallest absolute Gasteiger partial charge is 0.0517 e. The van der Waals surface area contributed by atoms with Crippen LogP contribution in [0.25, 0.3) is 17.8 Å². The van der Waals surface area contributed by atoms with Crippen molar-refractivity contribution in [1.82, 2.24) is 4.57 Å². The van der Waals surface area contributed by atoms with Crippen LogP contribution < -0.4 is 4.90 Å². The van der Waals surface area contributed by atoms with Crippen LogP contribution in [0.2, 0.25) is 0 Å². The molecule has 0 amide bonds. The second-order valence-electron chi connectivity index (χ2n) is 14.8. The van der Waals surface area contributed by atoms with Crippen molar-refractivity contribution in [2.24, 2.45) is 17.3 Å². The molecule has 5 atom stereocenters. The lowest BCUT2D eigenvalue weighted by molar-refractivity contribution is 0.408. The van der Waals surface area contributed by atoms with Gasteiger partial charge in [0.1, 0.15) is 0 Å². The first-order valence-electron chi connectivity index (χ1n) is 18.5. The van der Waals surface area contributed by atoms with Crippen molar-refractivity contribution in [2.45, 2.75) is 104 Å². The van der Waals surface area contributed by atoms with Gasteiger partial charge in [0.2, 0.25) is 0 Å². The van der Waals surface area contributed by atoms with E-state index in [-0.39, 0.29) is 5.41 Å². The molecule has 1 aromatic heterocycles. The van der Waals surface area contributed by atoms with Crippen molar-refractivity contribution >= 4 is 23.5 Å². The molecule has 0 spiro atoms. The van der Waals surface area contributed by atoms with E-state index in [1.165, 1.54) is 59.6 Å². The van der Waals surface area contributed by atoms with Gasteiger partial charge in [0.15, 0.2) is 0 Å². The third-order valence-electron chi connectivity index (χ3n) is 11.6. The standard InChI is InChI=1S/C45H54N2/c1-5-37(28-27-33(2)35-18-8-6-9-19-35)47-43-26-15-13-24-40(43)41-32-45(4,30-29-44(41)47)36-20-16-23-39(31-36)46(38-21-10-7-11-22-38)42-25-14-12-17-34(42)3/h7-8,10-13,16-24,28-30,33-34,39,42H,5-6,9,14-15,25-27,31-32H2,1-4H3/b37-28+. The first-order chi connectivity index (χ1) is 23.0. The van der Waals surface area contributed by atoms with Crippen LogP contribution in [0.5, 0.6) is 0 Å². The Bertz CT molecular complexity index is 1700. The molecule has 0 N–H and O–H groups in total. The number of hydrogen-bond donors (Lipinski definition) is 0. The van der Waals surface area contributed by atoms with E-state index in [0.717, 1.165) is 38.5 Å². The molecule has 47 heavy (non-hydrogen) atoms. The van der Waals surface area contributed by atoms with Crippen LogP contribution in [0, 0.1) is 17.3 Å². The van der Waals surface area contributed by atoms with E-state index < -0.39 is 0 Å². The maximum absolute atomic E-state index is 2.75. The topological polar surface area (TPSA) is 8.17 Å². The summed E-state index contributed by atoms with van der Waals surface area (Å²) in [6.07, 6.45) is 42.9. The molecule has 5 aliphatic rings. The highest BCUT2D eigenvalue weighted by Gasteiger charge is 2.38. The summed E-state index contributed by atoms with van der Waals surface area (Å²) >= 11 is 0. The van der Waals surface area contributed by atoms with E-state index in [4.69, 9.17) is 0 Å². The molecule has 244 valence electrons. The van der Waals surface area contributed by atoms with Gasteiger partial charge >= 0.3 is 0 Å². The predicted molar refractivity (Wildman–Crippen MR) is 203 cm³/mol. The highest BCUT2D eigenvalue weighted by atomic mass is 15.2. The Labute approximate surface area is 284 Å². The highest BCUT2D eigenvalue weighted by Crippen LogP contribution is 2.47. The summed E-state index contributed by atoms with van der Waals surface area (Å²) in [5.41, 5.74) is 11.9. The van der Waals surface area contributed by atoms with Crippen LogP contribution in [0.4, 0.5) is 5.69 Å². The summed E-state index contributed by atoms with van der Waals surface area (Å²) in [6.45, 7) is 9.63. The number of fused-ring (bicyclic) bond motifs is 3. The third-order valence-corrected chi connectivity index (χ3v) is 11.6. The Balaban J connectivity index is 1.18. The summed E-state index contributed by atoms with van der Waals surface area (Å²) in [6, 6.07) is 12.0. The quantitative estimate of drug-likeness (QED) is 0.253. The van der Waals surface area contributed by atoms with Crippen molar-refractivity contribution in [3.05, 3.63) is 131 Å². The Morgan fingerprint density at radius 2 is 1.87 bits per heavy atom. The Kier molecular flexibility index (Phi) is 9.31. The van der Waals surface area contributed by atoms with Crippen LogP contribution in [0.1, 0.15) is 102 Å². The number of benzene rings is 1. The number of rotatable bonds is 9. The molecule has 2 heteroatoms. The normalized spacial score (nSPS) is 27.2. The number of anilines is 1. The third kappa shape index (κ3) is 6.29. The fourth-order valence-corrected chi connectivity index (χ4v) is 8.88. The monoisotopic (exact) mass is 622 g/mol. The molecule has 0 aliphatic heterocycles. The van der Waals surface area contributed by atoms with Gasteiger partial charge in [-0.05, 0) is 111 Å². The minimum atomic E-state index is -0.00785. The lowest BCUT2D eigenvalue weighted by atomic mass is 9.70. The average molecular weight is 623 g/mol. The molecule has 5 unspecified atom stereocenters. The van der Waals surface area contributed by atoms with Crippen molar-refractivity contribution in [2.75, 3.05) is 4.90 Å². The molecule has 2 nitrogen and oxygen atoms in total. The zero-order valence-electron chi connectivity index (χ0n) is 29.2. The van der Waals surface area contributed by atoms with E-state index >= 15 is 0 Å². The molecule has 0 radical (unpaired) electrons. The van der Waals surface area contributed by atoms with Crippen molar-refractivity contribution in [3.63, 3.8) is 0 Å². The second-order valence-corrected chi connectivity index (χ2v) is 14.8. The summed E-state index contributed by atoms with van der Waals surface area (Å²) in [5, 5.41) is 0. The van der Waals surface area contributed by atoms with Crippen LogP contribution in [-0.4, -0.2) is 16.7 Å². The Morgan fingerprint density at radius 3 is 2.66 bits per heavy atom. The molecule has 7 rings (SSSR count). The van der Waals surface area contributed by atoms with E-state index in [2.05, 4.69) is 146 Å². The van der Waals surface area contributed by atoms with Gasteiger partial charge in [-0.25, -0.2) is 0 Å². The Morgan fingerprint density at radius 1 is 1.02 bits per heavy atom. The molecule has 0 saturated heterocycles. The summed E-state index contributed by atoms with van der Waals surface area (Å²) in [4.78, 5) is 2.75. The molecular weight excluding hydrogens is 569 g/mol. The summed E-state index contributed by atoms with van der Waals surface area (Å²) in [5.74, 6) is 1.09. The summed E-state index contributed by atoms with van der Waals surface area (Å²) in [7, 11) is 0. The zero-order chi connectivity index (χ0) is 32.4. The average Bonchev–Trinajstić information content (AvgIpc) is 3.43. The molecule has 0 fully saturated rings. The lowest BCUT2D eigenvalue weighted by Crippen LogP contribution is -2.47. The van der Waals surface area contributed by atoms with E-state index in [1.807, 2.05) is 0 Å². The van der Waals surface area contributed by atoms with Gasteiger partial charge in [0.05, 0.1) is 6.04 Å². The van der Waals surface area contributed by atoms with Crippen molar-refractivity contribution < 1.29 is 0 Å². The van der Waals surface area contributed by atoms with E-state index in [9.17, 15) is 0 Å². The van der Waals surface area contributed by atoms with E-state index in [0.29, 0.717) is 23.9 Å². The van der Waals surface area contributed by atoms with Crippen molar-refractivity contribution in [1.29, 1.82) is 0 Å². The number of aromatic nitrogens is 1. The van der Waals surface area contributed by atoms with Crippen LogP contribution in [0.3, 0.4) is 0 Å². The molecule has 0 bridgehead atoms. The molecule has 0 saturated carbocycles. The maximum atomic E-state index is 2.75. The van der Waals surface area contributed by atoms with Gasteiger partial charge in [0.25, 0.3) is 0 Å². The number of allylic oxidation sites excluding steroid dienone is 11. The molecule has 1 aromatic carbocycles. The molecule has 2 aromatic rings. The first-order valence-corrected chi connectivity index (χ1v) is 18.5. The van der Waals surface area contributed by atoms with Gasteiger partial charge in [-0.3, -0.25) is 0 Å². The lowest BCUT2D eigenvalue weighted by Gasteiger charge is -2.45. The second kappa shape index (κ2) is 13.8. The highest BCUT2D eigenvalue weighted by molar-refractivity contribution is 5.74. The van der Waals surface area contributed by atoms with Crippen LogP contribution in [-0.2, 0) is 12.8 Å². The van der Waals surface area contributed by atoms with Crippen molar-refractivity contribution in [3.8, 4) is 0 Å². The van der Waals surface area contributed by atoms with Gasteiger partial charge in [-0.1, -0.05) is 124 Å². The number of hydrogen-bond acceptors (Lipinski definition) is 1. The SMILES string of the molecule is CC/C(=C\CC(C)C1=CCCC=C1)n1c2c(c3c1CCC=C3)CC(C)(C1=CC=CC(N(c3ccccc3)C3CCC=CC3C)C1)C=C2. The number of nitrogens with zero attached hydrogens (tertiary/aromatic N) is 2.